The predicted molar refractivity (Wildman–Crippen MR) is 70.4 cm³/mol. The molecule has 17 heavy (non-hydrogen) atoms. The molecule has 0 aliphatic heterocycles. The molecule has 2 nitrogen and oxygen atoms in total. The van der Waals surface area contributed by atoms with Gasteiger partial charge in [0.05, 0.1) is 11.4 Å². The number of carbonyl (C=O) groups excluding carboxylic acids is 1. The number of halogens is 1. The molecule has 4 heteroatoms. The molecule has 0 N–H and O–H groups in total. The van der Waals surface area contributed by atoms with Crippen LogP contribution in [0.15, 0.2) is 36.4 Å². The Hall–Kier alpha value is -1.32. The molecular formula is C13H11ClO2S. The number of carbonyl (C=O) groups is 1. The van der Waals surface area contributed by atoms with E-state index in [4.69, 9.17) is 16.3 Å². The second kappa shape index (κ2) is 5.34. The highest BCUT2D eigenvalue weighted by atomic mass is 35.5. The Labute approximate surface area is 109 Å². The number of rotatable bonds is 4. The van der Waals surface area contributed by atoms with Crippen molar-refractivity contribution in [2.75, 3.05) is 7.11 Å². The lowest BCUT2D eigenvalue weighted by molar-refractivity contribution is 0.0994. The monoisotopic (exact) mass is 266 g/mol. The van der Waals surface area contributed by atoms with Crippen molar-refractivity contribution in [2.24, 2.45) is 0 Å². The topological polar surface area (TPSA) is 26.3 Å². The van der Waals surface area contributed by atoms with Crippen LogP contribution in [0.3, 0.4) is 0 Å². The van der Waals surface area contributed by atoms with Crippen molar-refractivity contribution >= 4 is 28.7 Å². The van der Waals surface area contributed by atoms with Crippen molar-refractivity contribution in [3.63, 3.8) is 0 Å². The number of ketones is 1. The summed E-state index contributed by atoms with van der Waals surface area (Å²) >= 11 is 7.26. The Kier molecular flexibility index (Phi) is 3.82. The maximum atomic E-state index is 11.9. The SMILES string of the molecule is COc1ccc(C(=O)Cc2ccc(Cl)s2)cc1. The van der Waals surface area contributed by atoms with Crippen LogP contribution in [0.4, 0.5) is 0 Å². The fourth-order valence-corrected chi connectivity index (χ4v) is 2.57. The van der Waals surface area contributed by atoms with E-state index in [0.29, 0.717) is 16.3 Å². The quantitative estimate of drug-likeness (QED) is 0.786. The molecule has 2 rings (SSSR count). The molecule has 2 aromatic rings. The molecule has 0 amide bonds. The summed E-state index contributed by atoms with van der Waals surface area (Å²) in [4.78, 5) is 12.9. The summed E-state index contributed by atoms with van der Waals surface area (Å²) in [6.07, 6.45) is 0.393. The van der Waals surface area contributed by atoms with Crippen LogP contribution in [0, 0.1) is 0 Å². The fraction of sp³-hybridized carbons (Fsp3) is 0.154. The Morgan fingerprint density at radius 1 is 1.24 bits per heavy atom. The van der Waals surface area contributed by atoms with E-state index in [1.165, 1.54) is 11.3 Å². The minimum atomic E-state index is 0.0890. The number of benzene rings is 1. The summed E-state index contributed by atoms with van der Waals surface area (Å²) < 4.78 is 5.75. The average Bonchev–Trinajstić information content (AvgIpc) is 2.75. The van der Waals surface area contributed by atoms with E-state index in [-0.39, 0.29) is 5.78 Å². The van der Waals surface area contributed by atoms with Gasteiger partial charge in [0.25, 0.3) is 0 Å². The Balaban J connectivity index is 2.09. The first kappa shape index (κ1) is 12.1. The number of ether oxygens (including phenoxy) is 1. The molecule has 0 atom stereocenters. The average molecular weight is 267 g/mol. The zero-order valence-electron chi connectivity index (χ0n) is 9.27. The van der Waals surface area contributed by atoms with Gasteiger partial charge in [-0.2, -0.15) is 0 Å². The maximum Gasteiger partial charge on any atom is 0.168 e. The van der Waals surface area contributed by atoms with Crippen LogP contribution in [0.5, 0.6) is 5.75 Å². The Bertz CT molecular complexity index is 516. The second-order valence-corrected chi connectivity index (χ2v) is 5.33. The van der Waals surface area contributed by atoms with E-state index in [1.54, 1.807) is 31.4 Å². The highest BCUT2D eigenvalue weighted by Crippen LogP contribution is 2.23. The Morgan fingerprint density at radius 3 is 2.47 bits per heavy atom. The van der Waals surface area contributed by atoms with Crippen molar-refractivity contribution in [2.45, 2.75) is 6.42 Å². The molecule has 0 aliphatic rings. The second-order valence-electron chi connectivity index (χ2n) is 3.53. The minimum absolute atomic E-state index is 0.0890. The number of hydrogen-bond acceptors (Lipinski definition) is 3. The van der Waals surface area contributed by atoms with Crippen molar-refractivity contribution in [1.82, 2.24) is 0 Å². The van der Waals surface area contributed by atoms with Gasteiger partial charge in [-0.1, -0.05) is 11.6 Å². The lowest BCUT2D eigenvalue weighted by atomic mass is 10.1. The Morgan fingerprint density at radius 2 is 1.94 bits per heavy atom. The zero-order valence-corrected chi connectivity index (χ0v) is 10.8. The van der Waals surface area contributed by atoms with Gasteiger partial charge in [-0.25, -0.2) is 0 Å². The molecule has 0 saturated carbocycles. The summed E-state index contributed by atoms with van der Waals surface area (Å²) in [5.74, 6) is 0.840. The molecule has 0 fully saturated rings. The fourth-order valence-electron chi connectivity index (χ4n) is 1.48. The number of methoxy groups -OCH3 is 1. The molecule has 1 aromatic carbocycles. The van der Waals surface area contributed by atoms with Crippen molar-refractivity contribution in [3.05, 3.63) is 51.2 Å². The lowest BCUT2D eigenvalue weighted by Gasteiger charge is -2.01. The molecule has 1 heterocycles. The standard InChI is InChI=1S/C13H11ClO2S/c1-16-10-4-2-9(3-5-10)12(15)8-11-6-7-13(14)17-11/h2-7H,8H2,1H3. The highest BCUT2D eigenvalue weighted by Gasteiger charge is 2.08. The van der Waals surface area contributed by atoms with E-state index in [1.807, 2.05) is 12.1 Å². The van der Waals surface area contributed by atoms with Crippen LogP contribution in [0.2, 0.25) is 4.34 Å². The summed E-state index contributed by atoms with van der Waals surface area (Å²) in [6.45, 7) is 0. The van der Waals surface area contributed by atoms with Gasteiger partial charge in [-0.15, -0.1) is 11.3 Å². The molecule has 0 aliphatic carbocycles. The number of thiophene rings is 1. The third-order valence-electron chi connectivity index (χ3n) is 2.38. The van der Waals surface area contributed by atoms with Crippen LogP contribution < -0.4 is 4.74 Å². The smallest absolute Gasteiger partial charge is 0.168 e. The van der Waals surface area contributed by atoms with E-state index < -0.39 is 0 Å². The van der Waals surface area contributed by atoms with Gasteiger partial charge in [0, 0.05) is 16.9 Å². The third kappa shape index (κ3) is 3.08. The molecule has 1 aromatic heterocycles. The largest absolute Gasteiger partial charge is 0.497 e. The van der Waals surface area contributed by atoms with Gasteiger partial charge in [0.1, 0.15) is 5.75 Å². The summed E-state index contributed by atoms with van der Waals surface area (Å²) in [6, 6.07) is 10.8. The van der Waals surface area contributed by atoms with Gasteiger partial charge in [0.2, 0.25) is 0 Å². The summed E-state index contributed by atoms with van der Waals surface area (Å²) in [5, 5.41) is 0. The molecule has 0 unspecified atom stereocenters. The van der Waals surface area contributed by atoms with E-state index in [2.05, 4.69) is 0 Å². The van der Waals surface area contributed by atoms with E-state index >= 15 is 0 Å². The molecular weight excluding hydrogens is 256 g/mol. The van der Waals surface area contributed by atoms with Gasteiger partial charge in [0.15, 0.2) is 5.78 Å². The van der Waals surface area contributed by atoms with Crippen LogP contribution in [-0.2, 0) is 6.42 Å². The van der Waals surface area contributed by atoms with Crippen LogP contribution in [-0.4, -0.2) is 12.9 Å². The van der Waals surface area contributed by atoms with Gasteiger partial charge < -0.3 is 4.74 Å². The summed E-state index contributed by atoms with van der Waals surface area (Å²) in [5.41, 5.74) is 0.690. The number of Topliss-reactive ketones (excluding diaryl/α,β-unsaturated/α-hetero) is 1. The molecule has 0 spiro atoms. The van der Waals surface area contributed by atoms with Crippen molar-refractivity contribution in [1.29, 1.82) is 0 Å². The highest BCUT2D eigenvalue weighted by molar-refractivity contribution is 7.16. The van der Waals surface area contributed by atoms with Crippen LogP contribution in [0.25, 0.3) is 0 Å². The lowest BCUT2D eigenvalue weighted by Crippen LogP contribution is -2.01. The molecule has 88 valence electrons. The first-order valence-corrected chi connectivity index (χ1v) is 6.30. The van der Waals surface area contributed by atoms with Crippen molar-refractivity contribution in [3.8, 4) is 5.75 Å². The summed E-state index contributed by atoms with van der Waals surface area (Å²) in [7, 11) is 1.60. The number of hydrogen-bond donors (Lipinski definition) is 0. The normalized spacial score (nSPS) is 10.2. The van der Waals surface area contributed by atoms with E-state index in [9.17, 15) is 4.79 Å². The predicted octanol–water partition coefficient (Wildman–Crippen LogP) is 3.84. The first-order valence-electron chi connectivity index (χ1n) is 5.10. The molecule has 0 saturated heterocycles. The van der Waals surface area contributed by atoms with Crippen LogP contribution in [0.1, 0.15) is 15.2 Å². The molecule has 0 radical (unpaired) electrons. The van der Waals surface area contributed by atoms with E-state index in [0.717, 1.165) is 10.6 Å². The third-order valence-corrected chi connectivity index (χ3v) is 3.61. The van der Waals surface area contributed by atoms with Gasteiger partial charge in [-0.05, 0) is 36.4 Å². The minimum Gasteiger partial charge on any atom is -0.497 e. The van der Waals surface area contributed by atoms with Gasteiger partial charge >= 0.3 is 0 Å². The van der Waals surface area contributed by atoms with Gasteiger partial charge in [-0.3, -0.25) is 4.79 Å². The maximum absolute atomic E-state index is 11.9. The molecule has 0 bridgehead atoms. The first-order chi connectivity index (χ1) is 8.19. The zero-order chi connectivity index (χ0) is 12.3. The van der Waals surface area contributed by atoms with Crippen LogP contribution >= 0.6 is 22.9 Å². The van der Waals surface area contributed by atoms with Crippen molar-refractivity contribution < 1.29 is 9.53 Å².